The lowest BCUT2D eigenvalue weighted by atomic mass is 9.94. The number of benzene rings is 1. The fourth-order valence-corrected chi connectivity index (χ4v) is 4.92. The van der Waals surface area contributed by atoms with Crippen molar-refractivity contribution in [2.45, 2.75) is 37.1 Å². The van der Waals surface area contributed by atoms with Crippen molar-refractivity contribution in [3.63, 3.8) is 0 Å². The standard InChI is InChI=1S/C20H24FN3O3S/c21-18-6-8-19(9-7-18)28(26,27)24-12-2-4-16(15-24)5-10-20(25)23-14-17-3-1-11-22-13-17/h1,3,6-9,11,13,16H,2,4-5,10,12,14-15H2,(H,23,25). The highest BCUT2D eigenvalue weighted by Crippen LogP contribution is 2.26. The van der Waals surface area contributed by atoms with Crippen LogP contribution in [0.2, 0.25) is 0 Å². The minimum atomic E-state index is -3.64. The van der Waals surface area contributed by atoms with Gasteiger partial charge in [0.25, 0.3) is 0 Å². The van der Waals surface area contributed by atoms with E-state index in [0.717, 1.165) is 30.5 Å². The van der Waals surface area contributed by atoms with Crippen molar-refractivity contribution in [2.24, 2.45) is 5.92 Å². The molecule has 1 atom stereocenters. The van der Waals surface area contributed by atoms with Gasteiger partial charge in [-0.3, -0.25) is 9.78 Å². The molecule has 3 rings (SSSR count). The van der Waals surface area contributed by atoms with E-state index in [1.165, 1.54) is 16.4 Å². The maximum absolute atomic E-state index is 13.1. The predicted molar refractivity (Wildman–Crippen MR) is 103 cm³/mol. The van der Waals surface area contributed by atoms with Gasteiger partial charge in [-0.15, -0.1) is 0 Å². The summed E-state index contributed by atoms with van der Waals surface area (Å²) in [5, 5.41) is 2.86. The Hall–Kier alpha value is -2.32. The minimum Gasteiger partial charge on any atom is -0.352 e. The average Bonchev–Trinajstić information content (AvgIpc) is 2.72. The minimum absolute atomic E-state index is 0.0534. The summed E-state index contributed by atoms with van der Waals surface area (Å²) in [6.07, 6.45) is 6.02. The van der Waals surface area contributed by atoms with Crippen molar-refractivity contribution in [3.8, 4) is 0 Å². The number of sulfonamides is 1. The third-order valence-corrected chi connectivity index (χ3v) is 6.80. The average molecular weight is 405 g/mol. The van der Waals surface area contributed by atoms with Crippen molar-refractivity contribution in [3.05, 3.63) is 60.2 Å². The zero-order chi connectivity index (χ0) is 20.0. The largest absolute Gasteiger partial charge is 0.352 e. The van der Waals surface area contributed by atoms with Gasteiger partial charge >= 0.3 is 0 Å². The monoisotopic (exact) mass is 405 g/mol. The van der Waals surface area contributed by atoms with Gasteiger partial charge in [-0.2, -0.15) is 4.31 Å². The van der Waals surface area contributed by atoms with Crippen LogP contribution in [0, 0.1) is 11.7 Å². The first-order valence-corrected chi connectivity index (χ1v) is 10.8. The molecule has 150 valence electrons. The number of halogens is 1. The fraction of sp³-hybridized carbons (Fsp3) is 0.400. The number of nitrogens with zero attached hydrogens (tertiary/aromatic N) is 2. The highest BCUT2D eigenvalue weighted by Gasteiger charge is 2.30. The van der Waals surface area contributed by atoms with Gasteiger partial charge in [-0.25, -0.2) is 12.8 Å². The quantitative estimate of drug-likeness (QED) is 0.768. The van der Waals surface area contributed by atoms with Crippen molar-refractivity contribution in [1.29, 1.82) is 0 Å². The van der Waals surface area contributed by atoms with E-state index in [4.69, 9.17) is 0 Å². The molecule has 1 fully saturated rings. The highest BCUT2D eigenvalue weighted by atomic mass is 32.2. The van der Waals surface area contributed by atoms with Crippen LogP contribution in [-0.2, 0) is 21.4 Å². The Balaban J connectivity index is 1.50. The smallest absolute Gasteiger partial charge is 0.243 e. The zero-order valence-corrected chi connectivity index (χ0v) is 16.4. The number of rotatable bonds is 7. The first kappa shape index (κ1) is 20.4. The predicted octanol–water partition coefficient (Wildman–Crippen LogP) is 2.72. The Morgan fingerprint density at radius 3 is 2.75 bits per heavy atom. The molecule has 2 aromatic rings. The van der Waals surface area contributed by atoms with Gasteiger partial charge in [-0.05, 0) is 61.1 Å². The van der Waals surface area contributed by atoms with Crippen LogP contribution in [0.1, 0.15) is 31.2 Å². The normalized spacial score (nSPS) is 18.0. The molecular weight excluding hydrogens is 381 g/mol. The molecule has 0 saturated carbocycles. The summed E-state index contributed by atoms with van der Waals surface area (Å²) < 4.78 is 40.0. The van der Waals surface area contributed by atoms with Crippen molar-refractivity contribution < 1.29 is 17.6 Å². The zero-order valence-electron chi connectivity index (χ0n) is 15.6. The van der Waals surface area contributed by atoms with E-state index in [0.29, 0.717) is 32.5 Å². The second-order valence-corrected chi connectivity index (χ2v) is 8.94. The Labute approximate surface area is 164 Å². The van der Waals surface area contributed by atoms with Crippen LogP contribution in [0.15, 0.2) is 53.7 Å². The first-order valence-electron chi connectivity index (χ1n) is 9.36. The third-order valence-electron chi connectivity index (χ3n) is 4.93. The van der Waals surface area contributed by atoms with Crippen LogP contribution >= 0.6 is 0 Å². The fourth-order valence-electron chi connectivity index (χ4n) is 3.36. The summed E-state index contributed by atoms with van der Waals surface area (Å²) in [5.41, 5.74) is 0.935. The Morgan fingerprint density at radius 2 is 2.04 bits per heavy atom. The molecule has 1 N–H and O–H groups in total. The molecular formula is C20H24FN3O3S. The van der Waals surface area contributed by atoms with Gasteiger partial charge in [0.1, 0.15) is 5.82 Å². The molecule has 1 amide bonds. The number of hydrogen-bond donors (Lipinski definition) is 1. The molecule has 0 radical (unpaired) electrons. The summed E-state index contributed by atoms with van der Waals surface area (Å²) >= 11 is 0. The highest BCUT2D eigenvalue weighted by molar-refractivity contribution is 7.89. The van der Waals surface area contributed by atoms with Crippen molar-refractivity contribution in [2.75, 3.05) is 13.1 Å². The number of nitrogens with one attached hydrogen (secondary N) is 1. The van der Waals surface area contributed by atoms with E-state index in [1.807, 2.05) is 12.1 Å². The molecule has 1 aromatic carbocycles. The van der Waals surface area contributed by atoms with E-state index >= 15 is 0 Å². The van der Waals surface area contributed by atoms with Gasteiger partial charge in [0.2, 0.25) is 15.9 Å². The van der Waals surface area contributed by atoms with Crippen LogP contribution in [-0.4, -0.2) is 36.7 Å². The molecule has 2 heterocycles. The van der Waals surface area contributed by atoms with E-state index in [9.17, 15) is 17.6 Å². The Morgan fingerprint density at radius 1 is 1.25 bits per heavy atom. The Bertz CT molecular complexity index is 889. The summed E-state index contributed by atoms with van der Waals surface area (Å²) in [7, 11) is -3.64. The number of piperidine rings is 1. The van der Waals surface area contributed by atoms with Gasteiger partial charge in [0.15, 0.2) is 0 Å². The molecule has 28 heavy (non-hydrogen) atoms. The number of carbonyl (C=O) groups excluding carboxylic acids is 1. The first-order chi connectivity index (χ1) is 13.4. The van der Waals surface area contributed by atoms with Crippen LogP contribution < -0.4 is 5.32 Å². The lowest BCUT2D eigenvalue weighted by molar-refractivity contribution is -0.121. The molecule has 6 nitrogen and oxygen atoms in total. The summed E-state index contributed by atoms with van der Waals surface area (Å²) in [6.45, 7) is 1.27. The Kier molecular flexibility index (Phi) is 6.74. The maximum atomic E-state index is 13.1. The lowest BCUT2D eigenvalue weighted by Gasteiger charge is -2.32. The third kappa shape index (κ3) is 5.36. The van der Waals surface area contributed by atoms with E-state index < -0.39 is 15.8 Å². The lowest BCUT2D eigenvalue weighted by Crippen LogP contribution is -2.40. The number of aromatic nitrogens is 1. The van der Waals surface area contributed by atoms with Crippen LogP contribution in [0.3, 0.4) is 0 Å². The van der Waals surface area contributed by atoms with E-state index in [2.05, 4.69) is 10.3 Å². The van der Waals surface area contributed by atoms with E-state index in [1.54, 1.807) is 12.4 Å². The number of amides is 1. The molecule has 1 saturated heterocycles. The second kappa shape index (κ2) is 9.25. The SMILES string of the molecule is O=C(CCC1CCCN(S(=O)(=O)c2ccc(F)cc2)C1)NCc1cccnc1. The van der Waals surface area contributed by atoms with Crippen LogP contribution in [0.5, 0.6) is 0 Å². The van der Waals surface area contributed by atoms with Crippen LogP contribution in [0.4, 0.5) is 4.39 Å². The van der Waals surface area contributed by atoms with Crippen molar-refractivity contribution in [1.82, 2.24) is 14.6 Å². The van der Waals surface area contributed by atoms with Crippen LogP contribution in [0.25, 0.3) is 0 Å². The molecule has 1 unspecified atom stereocenters. The van der Waals surface area contributed by atoms with Gasteiger partial charge in [-0.1, -0.05) is 6.07 Å². The molecule has 0 aliphatic carbocycles. The van der Waals surface area contributed by atoms with Gasteiger partial charge < -0.3 is 5.32 Å². The molecule has 0 bridgehead atoms. The summed E-state index contributed by atoms with van der Waals surface area (Å²) in [6, 6.07) is 8.61. The molecule has 8 heteroatoms. The molecule has 1 aliphatic rings. The summed E-state index contributed by atoms with van der Waals surface area (Å²) in [5.74, 6) is -0.386. The van der Waals surface area contributed by atoms with Crippen molar-refractivity contribution >= 4 is 15.9 Å². The molecule has 1 aromatic heterocycles. The van der Waals surface area contributed by atoms with Gasteiger partial charge in [0, 0.05) is 38.4 Å². The molecule has 1 aliphatic heterocycles. The number of carbonyl (C=O) groups is 1. The number of hydrogen-bond acceptors (Lipinski definition) is 4. The summed E-state index contributed by atoms with van der Waals surface area (Å²) in [4.78, 5) is 16.2. The van der Waals surface area contributed by atoms with Gasteiger partial charge in [0.05, 0.1) is 4.90 Å². The second-order valence-electron chi connectivity index (χ2n) is 7.00. The molecule has 0 spiro atoms. The number of pyridine rings is 1. The van der Waals surface area contributed by atoms with E-state index in [-0.39, 0.29) is 16.7 Å². The topological polar surface area (TPSA) is 79.4 Å². The maximum Gasteiger partial charge on any atom is 0.243 e.